The lowest BCUT2D eigenvalue weighted by Gasteiger charge is -2.16. The predicted octanol–water partition coefficient (Wildman–Crippen LogP) is 3.79. The van der Waals surface area contributed by atoms with Crippen LogP contribution in [0, 0.1) is 13.8 Å². The van der Waals surface area contributed by atoms with Gasteiger partial charge in [0, 0.05) is 23.5 Å². The van der Waals surface area contributed by atoms with Crippen LogP contribution in [0.2, 0.25) is 5.02 Å². The Bertz CT molecular complexity index is 1440. The molecule has 0 unspecified atom stereocenters. The van der Waals surface area contributed by atoms with Crippen molar-refractivity contribution in [2.45, 2.75) is 33.5 Å². The molecule has 0 aliphatic heterocycles. The van der Waals surface area contributed by atoms with Crippen molar-refractivity contribution in [2.75, 3.05) is 12.4 Å². The van der Waals surface area contributed by atoms with Crippen LogP contribution in [0.1, 0.15) is 27.9 Å². The van der Waals surface area contributed by atoms with Crippen LogP contribution in [0.25, 0.3) is 0 Å². The highest BCUT2D eigenvalue weighted by Crippen LogP contribution is 2.14. The van der Waals surface area contributed by atoms with Gasteiger partial charge in [0.15, 0.2) is 0 Å². The number of halogens is 1. The van der Waals surface area contributed by atoms with Crippen LogP contribution in [0.5, 0.6) is 5.75 Å². The zero-order chi connectivity index (χ0) is 24.9. The number of nitrogens with zero attached hydrogens (tertiary/aromatic N) is 4. The van der Waals surface area contributed by atoms with E-state index in [0.717, 1.165) is 32.5 Å². The molecule has 35 heavy (non-hydrogen) atoms. The molecule has 0 aliphatic rings. The topological polar surface area (TPSA) is 91.0 Å². The number of rotatable bonds is 8. The first-order valence-corrected chi connectivity index (χ1v) is 11.5. The van der Waals surface area contributed by atoms with Gasteiger partial charge in [-0.1, -0.05) is 35.9 Å². The van der Waals surface area contributed by atoms with Crippen molar-refractivity contribution in [1.29, 1.82) is 0 Å². The fourth-order valence-corrected chi connectivity index (χ4v) is 3.84. The summed E-state index contributed by atoms with van der Waals surface area (Å²) >= 11 is 6.03. The number of benzene rings is 2. The minimum Gasteiger partial charge on any atom is -0.497 e. The molecule has 0 saturated carbocycles. The molecule has 4 aromatic rings. The molecule has 0 aliphatic carbocycles. The molecule has 0 saturated heterocycles. The summed E-state index contributed by atoms with van der Waals surface area (Å²) in [5, 5.41) is 3.77. The fraction of sp³-hybridized carbons (Fsp3) is 0.231. The van der Waals surface area contributed by atoms with Gasteiger partial charge in [0.05, 0.1) is 20.2 Å². The van der Waals surface area contributed by atoms with Crippen molar-refractivity contribution in [1.82, 2.24) is 19.1 Å². The van der Waals surface area contributed by atoms with E-state index in [9.17, 15) is 9.59 Å². The highest BCUT2D eigenvalue weighted by molar-refractivity contribution is 6.30. The van der Waals surface area contributed by atoms with Crippen molar-refractivity contribution in [3.63, 3.8) is 0 Å². The number of aromatic nitrogens is 4. The molecule has 9 heteroatoms. The van der Waals surface area contributed by atoms with E-state index in [1.165, 1.54) is 4.57 Å². The van der Waals surface area contributed by atoms with Crippen LogP contribution in [0.3, 0.4) is 0 Å². The number of nitrogens with one attached hydrogen (secondary N) is 1. The molecule has 2 aromatic carbocycles. The van der Waals surface area contributed by atoms with E-state index < -0.39 is 11.4 Å². The quantitative estimate of drug-likeness (QED) is 0.403. The van der Waals surface area contributed by atoms with Gasteiger partial charge in [-0.25, -0.2) is 14.2 Å². The van der Waals surface area contributed by atoms with Gasteiger partial charge in [-0.3, -0.25) is 9.55 Å². The minimum absolute atomic E-state index is 0.0938. The summed E-state index contributed by atoms with van der Waals surface area (Å²) in [4.78, 5) is 35.0. The molecule has 8 nitrogen and oxygen atoms in total. The summed E-state index contributed by atoms with van der Waals surface area (Å²) in [5.41, 5.74) is 3.48. The van der Waals surface area contributed by atoms with Crippen molar-refractivity contribution in [3.05, 3.63) is 115 Å². The Morgan fingerprint density at radius 3 is 2.20 bits per heavy atom. The van der Waals surface area contributed by atoms with Gasteiger partial charge in [-0.2, -0.15) is 4.98 Å². The Hall–Kier alpha value is -3.91. The number of methoxy groups -OCH3 is 1. The van der Waals surface area contributed by atoms with Crippen molar-refractivity contribution < 1.29 is 4.74 Å². The van der Waals surface area contributed by atoms with Gasteiger partial charge in [0.2, 0.25) is 5.95 Å². The normalized spacial score (nSPS) is 10.9. The van der Waals surface area contributed by atoms with Crippen LogP contribution < -0.4 is 21.4 Å². The van der Waals surface area contributed by atoms with E-state index in [0.29, 0.717) is 17.3 Å². The number of hydrogen-bond acceptors (Lipinski definition) is 6. The lowest BCUT2D eigenvalue weighted by atomic mass is 10.1. The van der Waals surface area contributed by atoms with E-state index in [2.05, 4.69) is 15.3 Å². The molecule has 0 amide bonds. The Balaban J connectivity index is 1.71. The fourth-order valence-electron chi connectivity index (χ4n) is 3.71. The van der Waals surface area contributed by atoms with Gasteiger partial charge in [0.25, 0.3) is 0 Å². The van der Waals surface area contributed by atoms with E-state index in [4.69, 9.17) is 16.3 Å². The molecule has 180 valence electrons. The Morgan fingerprint density at radius 1 is 0.943 bits per heavy atom. The first-order valence-electron chi connectivity index (χ1n) is 11.1. The van der Waals surface area contributed by atoms with Crippen molar-refractivity contribution in [2.24, 2.45) is 0 Å². The number of aryl methyl sites for hydroxylation is 2. The average Bonchev–Trinajstić information content (AvgIpc) is 2.85. The maximum Gasteiger partial charge on any atom is 0.355 e. The maximum atomic E-state index is 13.5. The van der Waals surface area contributed by atoms with Crippen molar-refractivity contribution in [3.8, 4) is 5.75 Å². The minimum atomic E-state index is -0.626. The smallest absolute Gasteiger partial charge is 0.355 e. The molecule has 0 bridgehead atoms. The first kappa shape index (κ1) is 24.2. The third kappa shape index (κ3) is 5.78. The number of pyridine rings is 1. The SMILES string of the molecule is COc1ccc(Cn2c(=O)nc(NCc3cnc(C)cc3C)n(Cc3ccc(Cl)cc3)c2=O)cc1. The predicted molar refractivity (Wildman–Crippen MR) is 136 cm³/mol. The Kier molecular flexibility index (Phi) is 7.31. The summed E-state index contributed by atoms with van der Waals surface area (Å²) in [6, 6.07) is 16.4. The lowest BCUT2D eigenvalue weighted by molar-refractivity contribution is 0.414. The molecule has 1 N–H and O–H groups in total. The summed E-state index contributed by atoms with van der Waals surface area (Å²) in [7, 11) is 1.58. The number of hydrogen-bond donors (Lipinski definition) is 1. The van der Waals surface area contributed by atoms with E-state index in [1.54, 1.807) is 37.6 Å². The first-order chi connectivity index (χ1) is 16.8. The molecule has 0 radical (unpaired) electrons. The summed E-state index contributed by atoms with van der Waals surface area (Å²) in [6.07, 6.45) is 1.78. The molecular weight excluding hydrogens is 466 g/mol. The van der Waals surface area contributed by atoms with E-state index >= 15 is 0 Å². The van der Waals surface area contributed by atoms with E-state index in [-0.39, 0.29) is 19.0 Å². The Labute approximate surface area is 207 Å². The van der Waals surface area contributed by atoms with Crippen LogP contribution in [0.4, 0.5) is 5.95 Å². The van der Waals surface area contributed by atoms with Gasteiger partial charge in [0.1, 0.15) is 5.75 Å². The van der Waals surface area contributed by atoms with Gasteiger partial charge in [-0.15, -0.1) is 0 Å². The van der Waals surface area contributed by atoms with Crippen LogP contribution in [-0.2, 0) is 19.6 Å². The molecule has 2 heterocycles. The number of anilines is 1. The standard InChI is InChI=1S/C26H26ClN5O3/c1-17-12-18(2)28-13-21(17)14-29-24-30-25(33)32(16-20-6-10-23(35-3)11-7-20)26(34)31(24)15-19-4-8-22(27)9-5-19/h4-13H,14-16H2,1-3H3,(H,29,30,33). The second-order valence-corrected chi connectivity index (χ2v) is 8.69. The van der Waals surface area contributed by atoms with Gasteiger partial charge < -0.3 is 10.1 Å². The van der Waals surface area contributed by atoms with E-state index in [1.807, 2.05) is 44.2 Å². The monoisotopic (exact) mass is 491 g/mol. The average molecular weight is 492 g/mol. The molecule has 0 spiro atoms. The summed E-state index contributed by atoms with van der Waals surface area (Å²) < 4.78 is 7.78. The molecule has 4 rings (SSSR count). The maximum absolute atomic E-state index is 13.5. The summed E-state index contributed by atoms with van der Waals surface area (Å²) in [6.45, 7) is 4.61. The zero-order valence-corrected chi connectivity index (χ0v) is 20.5. The Morgan fingerprint density at radius 2 is 1.57 bits per heavy atom. The van der Waals surface area contributed by atoms with Gasteiger partial charge >= 0.3 is 11.4 Å². The molecule has 0 fully saturated rings. The lowest BCUT2D eigenvalue weighted by Crippen LogP contribution is -2.43. The van der Waals surface area contributed by atoms with Crippen molar-refractivity contribution >= 4 is 17.5 Å². The molecule has 0 atom stereocenters. The second-order valence-electron chi connectivity index (χ2n) is 8.25. The third-order valence-electron chi connectivity index (χ3n) is 5.70. The summed E-state index contributed by atoms with van der Waals surface area (Å²) in [5.74, 6) is 0.890. The van der Waals surface area contributed by atoms with Crippen LogP contribution in [0.15, 0.2) is 70.4 Å². The molecular formula is C26H26ClN5O3. The largest absolute Gasteiger partial charge is 0.497 e. The number of ether oxygens (including phenoxy) is 1. The van der Waals surface area contributed by atoms with Crippen LogP contribution >= 0.6 is 11.6 Å². The molecule has 2 aromatic heterocycles. The third-order valence-corrected chi connectivity index (χ3v) is 5.95. The zero-order valence-electron chi connectivity index (χ0n) is 19.8. The van der Waals surface area contributed by atoms with Crippen LogP contribution in [-0.4, -0.2) is 26.2 Å². The second kappa shape index (κ2) is 10.6. The highest BCUT2D eigenvalue weighted by atomic mass is 35.5. The van der Waals surface area contributed by atoms with Gasteiger partial charge in [-0.05, 0) is 66.4 Å². The highest BCUT2D eigenvalue weighted by Gasteiger charge is 2.15.